The first-order valence-corrected chi connectivity index (χ1v) is 5.80. The number of hydrogen-bond acceptors (Lipinski definition) is 3. The van der Waals surface area contributed by atoms with Crippen LogP contribution in [0.25, 0.3) is 0 Å². The molecule has 0 aliphatic carbocycles. The van der Waals surface area contributed by atoms with Crippen LogP contribution in [-0.2, 0) is 0 Å². The SMILES string of the molecule is Cc1ccc(Cl)cc1C(O)C(O)CCS. The van der Waals surface area contributed by atoms with Crippen molar-refractivity contribution in [2.45, 2.75) is 25.6 Å². The third-order valence-electron chi connectivity index (χ3n) is 2.35. The van der Waals surface area contributed by atoms with Crippen molar-refractivity contribution in [2.24, 2.45) is 0 Å². The fraction of sp³-hybridized carbons (Fsp3) is 0.455. The molecule has 4 heteroatoms. The summed E-state index contributed by atoms with van der Waals surface area (Å²) in [5.74, 6) is 0.540. The molecule has 0 amide bonds. The van der Waals surface area contributed by atoms with E-state index in [9.17, 15) is 10.2 Å². The Hall–Kier alpha value is -0.220. The molecule has 0 heterocycles. The number of aryl methyl sites for hydroxylation is 1. The lowest BCUT2D eigenvalue weighted by molar-refractivity contribution is 0.0169. The lowest BCUT2D eigenvalue weighted by Crippen LogP contribution is -2.19. The Balaban J connectivity index is 2.89. The Morgan fingerprint density at radius 3 is 2.67 bits per heavy atom. The molecule has 2 atom stereocenters. The molecule has 0 saturated carbocycles. The van der Waals surface area contributed by atoms with Gasteiger partial charge in [0.1, 0.15) is 6.10 Å². The second-order valence-electron chi connectivity index (χ2n) is 3.53. The zero-order valence-electron chi connectivity index (χ0n) is 8.52. The standard InChI is InChI=1S/C11H15ClO2S/c1-7-2-3-8(12)6-9(7)11(14)10(13)4-5-15/h2-3,6,10-11,13-15H,4-5H2,1H3. The van der Waals surface area contributed by atoms with Gasteiger partial charge in [-0.3, -0.25) is 0 Å². The lowest BCUT2D eigenvalue weighted by atomic mass is 9.98. The van der Waals surface area contributed by atoms with Crippen molar-refractivity contribution in [3.8, 4) is 0 Å². The van der Waals surface area contributed by atoms with Gasteiger partial charge in [-0.1, -0.05) is 17.7 Å². The largest absolute Gasteiger partial charge is 0.390 e. The normalized spacial score (nSPS) is 15.0. The van der Waals surface area contributed by atoms with Crippen LogP contribution < -0.4 is 0 Å². The number of aliphatic hydroxyl groups is 2. The molecule has 0 spiro atoms. The van der Waals surface area contributed by atoms with Crippen LogP contribution in [0, 0.1) is 6.92 Å². The minimum absolute atomic E-state index is 0.455. The third-order valence-corrected chi connectivity index (χ3v) is 2.84. The summed E-state index contributed by atoms with van der Waals surface area (Å²) in [4.78, 5) is 0. The maximum Gasteiger partial charge on any atom is 0.105 e. The van der Waals surface area contributed by atoms with Gasteiger partial charge < -0.3 is 10.2 Å². The van der Waals surface area contributed by atoms with Crippen molar-refractivity contribution in [1.29, 1.82) is 0 Å². The minimum Gasteiger partial charge on any atom is -0.390 e. The van der Waals surface area contributed by atoms with Gasteiger partial charge in [0.25, 0.3) is 0 Å². The molecule has 0 radical (unpaired) electrons. The van der Waals surface area contributed by atoms with Gasteiger partial charge in [0.15, 0.2) is 0 Å². The van der Waals surface area contributed by atoms with Crippen molar-refractivity contribution < 1.29 is 10.2 Å². The summed E-state index contributed by atoms with van der Waals surface area (Å²) in [7, 11) is 0. The van der Waals surface area contributed by atoms with E-state index in [1.54, 1.807) is 12.1 Å². The van der Waals surface area contributed by atoms with E-state index in [1.807, 2.05) is 13.0 Å². The Morgan fingerprint density at radius 2 is 2.07 bits per heavy atom. The molecule has 1 rings (SSSR count). The molecule has 0 bridgehead atoms. The Kier molecular flexibility index (Phi) is 4.93. The van der Waals surface area contributed by atoms with Gasteiger partial charge in [0.2, 0.25) is 0 Å². The summed E-state index contributed by atoms with van der Waals surface area (Å²) < 4.78 is 0. The number of thiol groups is 1. The molecule has 1 aromatic carbocycles. The molecular formula is C11H15ClO2S. The first-order chi connectivity index (χ1) is 7.06. The van der Waals surface area contributed by atoms with Gasteiger partial charge in [0, 0.05) is 5.02 Å². The summed E-state index contributed by atoms with van der Waals surface area (Å²) in [5.41, 5.74) is 1.60. The number of hydrogen-bond donors (Lipinski definition) is 3. The molecule has 84 valence electrons. The number of halogens is 1. The van der Waals surface area contributed by atoms with Gasteiger partial charge in [-0.05, 0) is 42.4 Å². The lowest BCUT2D eigenvalue weighted by Gasteiger charge is -2.19. The van der Waals surface area contributed by atoms with Crippen LogP contribution in [-0.4, -0.2) is 22.1 Å². The van der Waals surface area contributed by atoms with Crippen molar-refractivity contribution in [2.75, 3.05) is 5.75 Å². The van der Waals surface area contributed by atoms with E-state index < -0.39 is 12.2 Å². The van der Waals surface area contributed by atoms with Crippen molar-refractivity contribution in [1.82, 2.24) is 0 Å². The molecule has 2 N–H and O–H groups in total. The van der Waals surface area contributed by atoms with E-state index in [-0.39, 0.29) is 0 Å². The minimum atomic E-state index is -0.893. The Bertz CT molecular complexity index is 330. The van der Waals surface area contributed by atoms with E-state index in [2.05, 4.69) is 12.6 Å². The Labute approximate surface area is 100 Å². The van der Waals surface area contributed by atoms with Crippen LogP contribution in [0.3, 0.4) is 0 Å². The van der Waals surface area contributed by atoms with E-state index in [0.29, 0.717) is 22.8 Å². The van der Waals surface area contributed by atoms with Gasteiger partial charge in [-0.25, -0.2) is 0 Å². The number of aliphatic hydroxyl groups excluding tert-OH is 2. The van der Waals surface area contributed by atoms with Crippen molar-refractivity contribution >= 4 is 24.2 Å². The van der Waals surface area contributed by atoms with Gasteiger partial charge >= 0.3 is 0 Å². The monoisotopic (exact) mass is 246 g/mol. The molecule has 0 saturated heterocycles. The van der Waals surface area contributed by atoms with Gasteiger partial charge in [0.05, 0.1) is 6.10 Å². The highest BCUT2D eigenvalue weighted by molar-refractivity contribution is 7.80. The summed E-state index contributed by atoms with van der Waals surface area (Å²) in [5, 5.41) is 20.1. The fourth-order valence-corrected chi connectivity index (χ4v) is 1.87. The van der Waals surface area contributed by atoms with Crippen LogP contribution in [0.1, 0.15) is 23.7 Å². The average molecular weight is 247 g/mol. The third kappa shape index (κ3) is 3.38. The van der Waals surface area contributed by atoms with Crippen LogP contribution in [0.15, 0.2) is 18.2 Å². The summed E-state index contributed by atoms with van der Waals surface area (Å²) >= 11 is 9.85. The van der Waals surface area contributed by atoms with E-state index >= 15 is 0 Å². The molecule has 0 aliphatic rings. The first-order valence-electron chi connectivity index (χ1n) is 4.79. The molecule has 0 aliphatic heterocycles. The maximum absolute atomic E-state index is 9.88. The molecule has 0 fully saturated rings. The number of benzene rings is 1. The molecular weight excluding hydrogens is 232 g/mol. The molecule has 2 nitrogen and oxygen atoms in total. The highest BCUT2D eigenvalue weighted by Gasteiger charge is 2.19. The second kappa shape index (κ2) is 5.75. The van der Waals surface area contributed by atoms with E-state index in [4.69, 9.17) is 11.6 Å². The summed E-state index contributed by atoms with van der Waals surface area (Å²) in [6, 6.07) is 5.27. The zero-order valence-corrected chi connectivity index (χ0v) is 10.2. The average Bonchev–Trinajstić information content (AvgIpc) is 2.21. The number of rotatable bonds is 4. The molecule has 2 unspecified atom stereocenters. The zero-order chi connectivity index (χ0) is 11.4. The highest BCUT2D eigenvalue weighted by atomic mass is 35.5. The molecule has 1 aromatic rings. The predicted octanol–water partition coefficient (Wildman–Crippen LogP) is 2.36. The molecule has 15 heavy (non-hydrogen) atoms. The first kappa shape index (κ1) is 12.8. The van der Waals surface area contributed by atoms with Crippen molar-refractivity contribution in [3.05, 3.63) is 34.3 Å². The van der Waals surface area contributed by atoms with Gasteiger partial charge in [-0.2, -0.15) is 12.6 Å². The van der Waals surface area contributed by atoms with Gasteiger partial charge in [-0.15, -0.1) is 0 Å². The van der Waals surface area contributed by atoms with Crippen LogP contribution in [0.2, 0.25) is 5.02 Å². The topological polar surface area (TPSA) is 40.5 Å². The highest BCUT2D eigenvalue weighted by Crippen LogP contribution is 2.25. The van der Waals surface area contributed by atoms with Crippen molar-refractivity contribution in [3.63, 3.8) is 0 Å². The smallest absolute Gasteiger partial charge is 0.105 e. The van der Waals surface area contributed by atoms with Crippen LogP contribution in [0.5, 0.6) is 0 Å². The van der Waals surface area contributed by atoms with Crippen LogP contribution >= 0.6 is 24.2 Å². The van der Waals surface area contributed by atoms with E-state index in [0.717, 1.165) is 5.56 Å². The second-order valence-corrected chi connectivity index (χ2v) is 4.41. The maximum atomic E-state index is 9.88. The predicted molar refractivity (Wildman–Crippen MR) is 65.6 cm³/mol. The summed E-state index contributed by atoms with van der Waals surface area (Å²) in [6.07, 6.45) is -1.23. The Morgan fingerprint density at radius 1 is 1.40 bits per heavy atom. The van der Waals surface area contributed by atoms with E-state index in [1.165, 1.54) is 0 Å². The summed E-state index contributed by atoms with van der Waals surface area (Å²) in [6.45, 7) is 1.88. The quantitative estimate of drug-likeness (QED) is 0.714. The fourth-order valence-electron chi connectivity index (χ4n) is 1.43. The van der Waals surface area contributed by atoms with Crippen LogP contribution in [0.4, 0.5) is 0 Å². The molecule has 0 aromatic heterocycles.